The number of amides is 1. The van der Waals surface area contributed by atoms with Crippen LogP contribution < -0.4 is 15.4 Å². The van der Waals surface area contributed by atoms with Gasteiger partial charge in [0.2, 0.25) is 5.91 Å². The molecule has 3 aromatic rings. The van der Waals surface area contributed by atoms with Gasteiger partial charge in [-0.05, 0) is 56.2 Å². The molecule has 0 radical (unpaired) electrons. The highest BCUT2D eigenvalue weighted by Crippen LogP contribution is 2.30. The number of benzene rings is 2. The standard InChI is InChI=1S/C24H25FN4O2/c1-15-17(3)29(19-8-6-5-7-9-19)24(20(15)13-26)28-23(30)14-27-16(2)18-10-11-22(31-4)21(25)12-18/h5-12,16,27H,14H2,1-4H3,(H,28,30). The zero-order chi connectivity index (χ0) is 22.5. The number of nitrogens with zero attached hydrogens (tertiary/aromatic N) is 2. The summed E-state index contributed by atoms with van der Waals surface area (Å²) in [6, 6.07) is 16.2. The van der Waals surface area contributed by atoms with E-state index in [1.165, 1.54) is 13.2 Å². The Morgan fingerprint density at radius 2 is 1.94 bits per heavy atom. The van der Waals surface area contributed by atoms with E-state index in [1.54, 1.807) is 12.1 Å². The fourth-order valence-corrected chi connectivity index (χ4v) is 3.45. The van der Waals surface area contributed by atoms with E-state index in [2.05, 4.69) is 16.7 Å². The average molecular weight is 420 g/mol. The van der Waals surface area contributed by atoms with Crippen molar-refractivity contribution in [3.63, 3.8) is 0 Å². The summed E-state index contributed by atoms with van der Waals surface area (Å²) >= 11 is 0. The third-order valence-corrected chi connectivity index (χ3v) is 5.34. The van der Waals surface area contributed by atoms with Crippen molar-refractivity contribution >= 4 is 11.7 Å². The van der Waals surface area contributed by atoms with E-state index < -0.39 is 5.82 Å². The number of methoxy groups -OCH3 is 1. The largest absolute Gasteiger partial charge is 0.494 e. The predicted octanol–water partition coefficient (Wildman–Crippen LogP) is 4.40. The molecule has 7 heteroatoms. The number of rotatable bonds is 7. The maximum atomic E-state index is 14.0. The molecule has 1 unspecified atom stereocenters. The first-order valence-electron chi connectivity index (χ1n) is 9.91. The highest BCUT2D eigenvalue weighted by molar-refractivity contribution is 5.93. The molecule has 0 aliphatic rings. The van der Waals surface area contributed by atoms with Crippen LogP contribution >= 0.6 is 0 Å². The van der Waals surface area contributed by atoms with Crippen LogP contribution in [-0.4, -0.2) is 24.1 Å². The van der Waals surface area contributed by atoms with Crippen molar-refractivity contribution in [1.29, 1.82) is 5.26 Å². The summed E-state index contributed by atoms with van der Waals surface area (Å²) in [7, 11) is 1.41. The second-order valence-corrected chi connectivity index (χ2v) is 7.26. The van der Waals surface area contributed by atoms with Gasteiger partial charge >= 0.3 is 0 Å². The van der Waals surface area contributed by atoms with Gasteiger partial charge in [-0.2, -0.15) is 5.26 Å². The Bertz CT molecular complexity index is 1130. The molecular formula is C24H25FN4O2. The molecule has 2 aromatic carbocycles. The van der Waals surface area contributed by atoms with Gasteiger partial charge in [0.25, 0.3) is 0 Å². The Kier molecular flexibility index (Phi) is 6.73. The Labute approximate surface area is 181 Å². The third-order valence-electron chi connectivity index (χ3n) is 5.34. The Morgan fingerprint density at radius 1 is 1.23 bits per heavy atom. The van der Waals surface area contributed by atoms with Gasteiger partial charge in [0.05, 0.1) is 19.2 Å². The molecule has 1 heterocycles. The number of aromatic nitrogens is 1. The number of carbonyl (C=O) groups is 1. The zero-order valence-corrected chi connectivity index (χ0v) is 18.0. The summed E-state index contributed by atoms with van der Waals surface area (Å²) in [5.74, 6) is -0.140. The van der Waals surface area contributed by atoms with Crippen LogP contribution in [0.4, 0.5) is 10.2 Å². The van der Waals surface area contributed by atoms with Crippen molar-refractivity contribution in [3.05, 3.63) is 76.7 Å². The fourth-order valence-electron chi connectivity index (χ4n) is 3.45. The molecule has 160 valence electrons. The molecule has 2 N–H and O–H groups in total. The second-order valence-electron chi connectivity index (χ2n) is 7.26. The van der Waals surface area contributed by atoms with Crippen LogP contribution in [-0.2, 0) is 4.79 Å². The van der Waals surface area contributed by atoms with Crippen LogP contribution in [0, 0.1) is 31.0 Å². The SMILES string of the molecule is COc1ccc(C(C)NCC(=O)Nc2c(C#N)c(C)c(C)n2-c2ccccc2)cc1F. The fraction of sp³-hybridized carbons (Fsp3) is 0.250. The molecule has 0 saturated heterocycles. The summed E-state index contributed by atoms with van der Waals surface area (Å²) in [6.45, 7) is 5.62. The number of carbonyl (C=O) groups excluding carboxylic acids is 1. The first kappa shape index (κ1) is 22.1. The maximum absolute atomic E-state index is 14.0. The molecule has 1 atom stereocenters. The average Bonchev–Trinajstić information content (AvgIpc) is 3.01. The Hall–Kier alpha value is -3.63. The van der Waals surface area contributed by atoms with Gasteiger partial charge in [0.1, 0.15) is 11.9 Å². The smallest absolute Gasteiger partial charge is 0.239 e. The number of hydrogen-bond donors (Lipinski definition) is 2. The molecular weight excluding hydrogens is 395 g/mol. The zero-order valence-electron chi connectivity index (χ0n) is 18.0. The van der Waals surface area contributed by atoms with Gasteiger partial charge in [-0.25, -0.2) is 4.39 Å². The van der Waals surface area contributed by atoms with Crippen molar-refractivity contribution in [2.45, 2.75) is 26.8 Å². The van der Waals surface area contributed by atoms with Gasteiger partial charge in [-0.1, -0.05) is 24.3 Å². The van der Waals surface area contributed by atoms with Crippen LogP contribution in [0.5, 0.6) is 5.75 Å². The van der Waals surface area contributed by atoms with Crippen LogP contribution in [0.1, 0.15) is 35.3 Å². The molecule has 0 bridgehead atoms. The molecule has 0 saturated carbocycles. The summed E-state index contributed by atoms with van der Waals surface area (Å²) in [6.07, 6.45) is 0. The first-order valence-corrected chi connectivity index (χ1v) is 9.91. The Morgan fingerprint density at radius 3 is 2.55 bits per heavy atom. The molecule has 0 aliphatic heterocycles. The summed E-state index contributed by atoms with van der Waals surface area (Å²) < 4.78 is 20.8. The van der Waals surface area contributed by atoms with Gasteiger partial charge in [-0.3, -0.25) is 9.36 Å². The molecule has 31 heavy (non-hydrogen) atoms. The minimum absolute atomic E-state index is 0.00223. The van der Waals surface area contributed by atoms with E-state index in [4.69, 9.17) is 4.74 Å². The lowest BCUT2D eigenvalue weighted by molar-refractivity contribution is -0.115. The van der Waals surface area contributed by atoms with Crippen LogP contribution in [0.2, 0.25) is 0 Å². The summed E-state index contributed by atoms with van der Waals surface area (Å²) in [5, 5.41) is 15.6. The number of halogens is 1. The molecule has 0 fully saturated rings. The Balaban J connectivity index is 1.77. The van der Waals surface area contributed by atoms with Gasteiger partial charge in [0.15, 0.2) is 11.6 Å². The van der Waals surface area contributed by atoms with E-state index in [0.717, 1.165) is 16.9 Å². The quantitative estimate of drug-likeness (QED) is 0.594. The van der Waals surface area contributed by atoms with Crippen molar-refractivity contribution in [1.82, 2.24) is 9.88 Å². The van der Waals surface area contributed by atoms with E-state index in [9.17, 15) is 14.4 Å². The molecule has 0 spiro atoms. The van der Waals surface area contributed by atoms with E-state index in [-0.39, 0.29) is 24.2 Å². The van der Waals surface area contributed by atoms with Crippen molar-refractivity contribution < 1.29 is 13.9 Å². The number of para-hydroxylation sites is 1. The van der Waals surface area contributed by atoms with Gasteiger partial charge < -0.3 is 15.4 Å². The van der Waals surface area contributed by atoms with Crippen molar-refractivity contribution in [2.24, 2.45) is 0 Å². The lowest BCUT2D eigenvalue weighted by Crippen LogP contribution is -2.31. The number of ether oxygens (including phenoxy) is 1. The number of hydrogen-bond acceptors (Lipinski definition) is 4. The monoisotopic (exact) mass is 420 g/mol. The highest BCUT2D eigenvalue weighted by Gasteiger charge is 2.21. The predicted molar refractivity (Wildman–Crippen MR) is 118 cm³/mol. The molecule has 3 rings (SSSR count). The van der Waals surface area contributed by atoms with E-state index in [0.29, 0.717) is 16.9 Å². The topological polar surface area (TPSA) is 79.1 Å². The van der Waals surface area contributed by atoms with Crippen LogP contribution in [0.3, 0.4) is 0 Å². The van der Waals surface area contributed by atoms with Gasteiger partial charge in [0, 0.05) is 17.4 Å². The van der Waals surface area contributed by atoms with E-state index >= 15 is 0 Å². The summed E-state index contributed by atoms with van der Waals surface area (Å²) in [5.41, 5.74) is 3.68. The number of nitriles is 1. The molecule has 6 nitrogen and oxygen atoms in total. The minimum Gasteiger partial charge on any atom is -0.494 e. The highest BCUT2D eigenvalue weighted by atomic mass is 19.1. The molecule has 0 aliphatic carbocycles. The lowest BCUT2D eigenvalue weighted by atomic mass is 10.1. The van der Waals surface area contributed by atoms with Gasteiger partial charge in [-0.15, -0.1) is 0 Å². The molecule has 1 aromatic heterocycles. The van der Waals surface area contributed by atoms with E-state index in [1.807, 2.05) is 55.7 Å². The van der Waals surface area contributed by atoms with Crippen LogP contribution in [0.25, 0.3) is 5.69 Å². The van der Waals surface area contributed by atoms with Crippen LogP contribution in [0.15, 0.2) is 48.5 Å². The number of nitrogens with one attached hydrogen (secondary N) is 2. The minimum atomic E-state index is -0.455. The van der Waals surface area contributed by atoms with Crippen molar-refractivity contribution in [3.8, 4) is 17.5 Å². The molecule has 1 amide bonds. The maximum Gasteiger partial charge on any atom is 0.239 e. The number of anilines is 1. The summed E-state index contributed by atoms with van der Waals surface area (Å²) in [4.78, 5) is 12.7. The third kappa shape index (κ3) is 4.60. The van der Waals surface area contributed by atoms with Crippen molar-refractivity contribution in [2.75, 3.05) is 19.0 Å². The lowest BCUT2D eigenvalue weighted by Gasteiger charge is -2.16. The normalized spacial score (nSPS) is 11.6. The first-order chi connectivity index (χ1) is 14.9. The second kappa shape index (κ2) is 9.45.